The predicted octanol–water partition coefficient (Wildman–Crippen LogP) is 2.14. The Morgan fingerprint density at radius 1 is 1.04 bits per heavy atom. The zero-order chi connectivity index (χ0) is 18.2. The summed E-state index contributed by atoms with van der Waals surface area (Å²) in [4.78, 5) is 35.1. The van der Waals surface area contributed by atoms with Gasteiger partial charge in [0.05, 0.1) is 12.0 Å². The van der Waals surface area contributed by atoms with Crippen LogP contribution in [-0.4, -0.2) is 24.4 Å². The van der Waals surface area contributed by atoms with Gasteiger partial charge in [-0.25, -0.2) is 4.39 Å². The zero-order valence-electron chi connectivity index (χ0n) is 12.9. The minimum atomic E-state index is -0.701. The van der Waals surface area contributed by atoms with Crippen molar-refractivity contribution in [3.8, 4) is 0 Å². The van der Waals surface area contributed by atoms with Gasteiger partial charge in [0.1, 0.15) is 5.82 Å². The summed E-state index contributed by atoms with van der Waals surface area (Å²) in [5, 5.41) is 0. The Balaban J connectivity index is 1.74. The van der Waals surface area contributed by atoms with E-state index < -0.39 is 30.2 Å². The van der Waals surface area contributed by atoms with Crippen LogP contribution in [0.25, 0.3) is 0 Å². The van der Waals surface area contributed by atoms with Crippen molar-refractivity contribution in [2.75, 3.05) is 6.61 Å². The molecule has 2 aromatic carbocycles. The first-order valence-electron chi connectivity index (χ1n) is 7.19. The second kappa shape index (κ2) is 8.93. The molecule has 0 saturated heterocycles. The molecular weight excluding hydrogens is 395 g/mol. The van der Waals surface area contributed by atoms with E-state index in [-0.39, 0.29) is 6.42 Å². The summed E-state index contributed by atoms with van der Waals surface area (Å²) in [7, 11) is 0. The molecule has 0 spiro atoms. The fourth-order valence-electron chi connectivity index (χ4n) is 1.89. The van der Waals surface area contributed by atoms with E-state index in [1.54, 1.807) is 30.3 Å². The molecule has 6 nitrogen and oxygen atoms in total. The van der Waals surface area contributed by atoms with Crippen LogP contribution in [0.3, 0.4) is 0 Å². The quantitative estimate of drug-likeness (QED) is 0.586. The summed E-state index contributed by atoms with van der Waals surface area (Å²) in [6.45, 7) is -0.565. The second-order valence-corrected chi connectivity index (χ2v) is 5.80. The fourth-order valence-corrected chi connectivity index (χ4v) is 2.35. The Morgan fingerprint density at radius 3 is 2.52 bits per heavy atom. The molecule has 8 heteroatoms. The maximum Gasteiger partial charge on any atom is 0.310 e. The third kappa shape index (κ3) is 6.00. The van der Waals surface area contributed by atoms with Crippen molar-refractivity contribution in [1.29, 1.82) is 0 Å². The third-order valence-corrected chi connectivity index (χ3v) is 3.73. The number of hydrazine groups is 1. The molecule has 130 valence electrons. The smallest absolute Gasteiger partial charge is 0.310 e. The van der Waals surface area contributed by atoms with E-state index in [1.165, 1.54) is 18.2 Å². The first-order chi connectivity index (χ1) is 12.0. The number of nitrogens with one attached hydrogen (secondary N) is 2. The summed E-state index contributed by atoms with van der Waals surface area (Å²) < 4.78 is 18.4. The molecule has 0 bridgehead atoms. The normalized spacial score (nSPS) is 10.0. The van der Waals surface area contributed by atoms with Crippen LogP contribution in [0.2, 0.25) is 0 Å². The van der Waals surface area contributed by atoms with Crippen molar-refractivity contribution in [2.24, 2.45) is 0 Å². The standard InChI is InChI=1S/C17H14BrFN2O4/c18-14-7-2-1-6-13(14)17(24)21-20-15(22)10-25-16(23)9-11-4-3-5-12(19)8-11/h1-8H,9-10H2,(H,20,22)(H,21,24). The number of ether oxygens (including phenoxy) is 1. The Bertz CT molecular complexity index is 798. The van der Waals surface area contributed by atoms with E-state index in [0.29, 0.717) is 15.6 Å². The third-order valence-electron chi connectivity index (χ3n) is 3.04. The summed E-state index contributed by atoms with van der Waals surface area (Å²) >= 11 is 3.22. The summed E-state index contributed by atoms with van der Waals surface area (Å²) in [6.07, 6.45) is -0.158. The molecule has 2 N–H and O–H groups in total. The van der Waals surface area contributed by atoms with Gasteiger partial charge in [-0.05, 0) is 45.8 Å². The van der Waals surface area contributed by atoms with Crippen LogP contribution in [0.4, 0.5) is 4.39 Å². The Morgan fingerprint density at radius 2 is 1.80 bits per heavy atom. The highest BCUT2D eigenvalue weighted by molar-refractivity contribution is 9.10. The number of esters is 1. The van der Waals surface area contributed by atoms with Gasteiger partial charge in [0.2, 0.25) is 0 Å². The van der Waals surface area contributed by atoms with Gasteiger partial charge in [-0.3, -0.25) is 25.2 Å². The molecule has 25 heavy (non-hydrogen) atoms. The molecule has 0 aliphatic rings. The van der Waals surface area contributed by atoms with E-state index in [0.717, 1.165) is 0 Å². The summed E-state index contributed by atoms with van der Waals surface area (Å²) in [5.74, 6) is -2.37. The monoisotopic (exact) mass is 408 g/mol. The van der Waals surface area contributed by atoms with Crippen molar-refractivity contribution in [2.45, 2.75) is 6.42 Å². The molecule has 0 saturated carbocycles. The molecule has 0 fully saturated rings. The molecule has 0 aliphatic carbocycles. The lowest BCUT2D eigenvalue weighted by Crippen LogP contribution is -2.43. The maximum atomic E-state index is 13.0. The molecule has 0 unspecified atom stereocenters. The van der Waals surface area contributed by atoms with Crippen molar-refractivity contribution >= 4 is 33.7 Å². The number of benzene rings is 2. The molecule has 2 amide bonds. The minimum Gasteiger partial charge on any atom is -0.455 e. The van der Waals surface area contributed by atoms with E-state index >= 15 is 0 Å². The number of carbonyl (C=O) groups is 3. The van der Waals surface area contributed by atoms with Crippen molar-refractivity contribution in [3.05, 3.63) is 69.9 Å². The van der Waals surface area contributed by atoms with Crippen LogP contribution >= 0.6 is 15.9 Å². The maximum absolute atomic E-state index is 13.0. The van der Waals surface area contributed by atoms with Gasteiger partial charge in [-0.1, -0.05) is 24.3 Å². The number of carbonyl (C=O) groups excluding carboxylic acids is 3. The van der Waals surface area contributed by atoms with E-state index in [1.807, 2.05) is 0 Å². The minimum absolute atomic E-state index is 0.158. The van der Waals surface area contributed by atoms with E-state index in [9.17, 15) is 18.8 Å². The number of hydrogen-bond donors (Lipinski definition) is 2. The molecule has 0 radical (unpaired) electrons. The zero-order valence-corrected chi connectivity index (χ0v) is 14.5. The average Bonchev–Trinajstić information content (AvgIpc) is 2.58. The highest BCUT2D eigenvalue weighted by Gasteiger charge is 2.12. The lowest BCUT2D eigenvalue weighted by molar-refractivity contribution is -0.148. The van der Waals surface area contributed by atoms with Gasteiger partial charge in [0.15, 0.2) is 6.61 Å². The van der Waals surface area contributed by atoms with Crippen LogP contribution in [0.1, 0.15) is 15.9 Å². The summed E-state index contributed by atoms with van der Waals surface area (Å²) in [6, 6.07) is 12.2. The van der Waals surface area contributed by atoms with Crippen molar-refractivity contribution in [1.82, 2.24) is 10.9 Å². The first-order valence-corrected chi connectivity index (χ1v) is 7.99. The number of hydrogen-bond acceptors (Lipinski definition) is 4. The van der Waals surface area contributed by atoms with Crippen molar-refractivity contribution < 1.29 is 23.5 Å². The Kier molecular flexibility index (Phi) is 6.64. The van der Waals surface area contributed by atoms with Crippen molar-refractivity contribution in [3.63, 3.8) is 0 Å². The van der Waals surface area contributed by atoms with Crippen LogP contribution in [-0.2, 0) is 20.7 Å². The fraction of sp³-hybridized carbons (Fsp3) is 0.118. The van der Waals surface area contributed by atoms with Gasteiger partial charge in [-0.15, -0.1) is 0 Å². The number of halogens is 2. The topological polar surface area (TPSA) is 84.5 Å². The molecule has 2 rings (SSSR count). The Labute approximate surface area is 151 Å². The largest absolute Gasteiger partial charge is 0.455 e. The van der Waals surface area contributed by atoms with Gasteiger partial charge < -0.3 is 4.74 Å². The number of rotatable bonds is 5. The number of amides is 2. The molecule has 2 aromatic rings. The Hall–Kier alpha value is -2.74. The summed E-state index contributed by atoms with van der Waals surface area (Å²) in [5.41, 5.74) is 5.13. The molecule has 0 atom stereocenters. The molecule has 0 aliphatic heterocycles. The SMILES string of the molecule is O=C(COC(=O)Cc1cccc(F)c1)NNC(=O)c1ccccc1Br. The molecule has 0 aromatic heterocycles. The average molecular weight is 409 g/mol. The van der Waals surface area contributed by atoms with E-state index in [2.05, 4.69) is 26.8 Å². The lowest BCUT2D eigenvalue weighted by atomic mass is 10.1. The van der Waals surface area contributed by atoms with Gasteiger partial charge in [-0.2, -0.15) is 0 Å². The lowest BCUT2D eigenvalue weighted by Gasteiger charge is -2.09. The van der Waals surface area contributed by atoms with Crippen LogP contribution in [0.5, 0.6) is 0 Å². The van der Waals surface area contributed by atoms with Crippen LogP contribution in [0.15, 0.2) is 53.0 Å². The van der Waals surface area contributed by atoms with Gasteiger partial charge in [0, 0.05) is 4.47 Å². The highest BCUT2D eigenvalue weighted by atomic mass is 79.9. The van der Waals surface area contributed by atoms with Gasteiger partial charge in [0.25, 0.3) is 11.8 Å². The first kappa shape index (κ1) is 18.6. The predicted molar refractivity (Wildman–Crippen MR) is 90.8 cm³/mol. The highest BCUT2D eigenvalue weighted by Crippen LogP contribution is 2.15. The van der Waals surface area contributed by atoms with Crippen LogP contribution in [0, 0.1) is 5.82 Å². The van der Waals surface area contributed by atoms with E-state index in [4.69, 9.17) is 4.74 Å². The second-order valence-electron chi connectivity index (χ2n) is 4.95. The van der Waals surface area contributed by atoms with Gasteiger partial charge >= 0.3 is 5.97 Å². The van der Waals surface area contributed by atoms with Crippen LogP contribution < -0.4 is 10.9 Å². The molecule has 0 heterocycles. The molecular formula is C17H14BrFN2O4.